The van der Waals surface area contributed by atoms with Crippen molar-refractivity contribution in [2.45, 2.75) is 19.9 Å². The normalized spacial score (nSPS) is 17.5. The van der Waals surface area contributed by atoms with E-state index in [1.165, 1.54) is 0 Å². The predicted octanol–water partition coefficient (Wildman–Crippen LogP) is 0.923. The Morgan fingerprint density at radius 1 is 1.32 bits per heavy atom. The maximum Gasteiger partial charge on any atom is 0.221 e. The molecule has 1 aliphatic rings. The molecule has 2 heterocycles. The highest BCUT2D eigenvalue weighted by Gasteiger charge is 2.15. The molecule has 1 aromatic heterocycles. The van der Waals surface area contributed by atoms with E-state index in [1.807, 2.05) is 12.1 Å². The summed E-state index contributed by atoms with van der Waals surface area (Å²) in [7, 11) is 0. The maximum atomic E-state index is 11.7. The Morgan fingerprint density at radius 2 is 2.05 bits per heavy atom. The van der Waals surface area contributed by atoms with Gasteiger partial charge in [-0.1, -0.05) is 6.92 Å². The van der Waals surface area contributed by atoms with Crippen LogP contribution in [0, 0.1) is 0 Å². The van der Waals surface area contributed by atoms with E-state index in [1.54, 1.807) is 6.26 Å². The van der Waals surface area contributed by atoms with E-state index >= 15 is 0 Å². The fourth-order valence-electron chi connectivity index (χ4n) is 2.28. The predicted molar refractivity (Wildman–Crippen MR) is 73.7 cm³/mol. The first-order valence-corrected chi connectivity index (χ1v) is 7.01. The number of nitrogens with zero attached hydrogens (tertiary/aromatic N) is 2. The van der Waals surface area contributed by atoms with Gasteiger partial charge < -0.3 is 19.5 Å². The molecule has 1 saturated heterocycles. The monoisotopic (exact) mass is 265 g/mol. The van der Waals surface area contributed by atoms with E-state index in [4.69, 9.17) is 4.42 Å². The molecule has 0 unspecified atom stereocenters. The Balaban J connectivity index is 1.59. The standard InChI is InChI=1S/C14H23N3O2/c1-2-16-7-9-17(10-8-16)6-5-14(18)15-12-13-4-3-11-19-13/h3-4,11H,2,5-10,12H2,1H3,(H,15,18). The Bertz CT molecular complexity index is 370. The van der Waals surface area contributed by atoms with Crippen molar-refractivity contribution < 1.29 is 9.21 Å². The first-order chi connectivity index (χ1) is 9.28. The second-order valence-corrected chi connectivity index (χ2v) is 4.88. The van der Waals surface area contributed by atoms with Gasteiger partial charge in [0.15, 0.2) is 0 Å². The van der Waals surface area contributed by atoms with Gasteiger partial charge in [0, 0.05) is 39.1 Å². The van der Waals surface area contributed by atoms with Crippen LogP contribution in [0.4, 0.5) is 0 Å². The van der Waals surface area contributed by atoms with Crippen molar-refractivity contribution in [2.75, 3.05) is 39.3 Å². The molecule has 0 atom stereocenters. The number of rotatable bonds is 6. The van der Waals surface area contributed by atoms with Gasteiger partial charge in [0.1, 0.15) is 5.76 Å². The minimum Gasteiger partial charge on any atom is -0.467 e. The highest BCUT2D eigenvalue weighted by Crippen LogP contribution is 2.02. The van der Waals surface area contributed by atoms with Crippen LogP contribution in [0.2, 0.25) is 0 Å². The molecule has 5 nitrogen and oxygen atoms in total. The summed E-state index contributed by atoms with van der Waals surface area (Å²) in [6, 6.07) is 3.69. The molecule has 1 aliphatic heterocycles. The van der Waals surface area contributed by atoms with E-state index < -0.39 is 0 Å². The van der Waals surface area contributed by atoms with Crippen LogP contribution in [0.25, 0.3) is 0 Å². The first kappa shape index (κ1) is 14.1. The van der Waals surface area contributed by atoms with E-state index in [0.29, 0.717) is 13.0 Å². The molecule has 1 fully saturated rings. The van der Waals surface area contributed by atoms with E-state index in [2.05, 4.69) is 22.0 Å². The summed E-state index contributed by atoms with van der Waals surface area (Å²) >= 11 is 0. The van der Waals surface area contributed by atoms with Gasteiger partial charge in [-0.25, -0.2) is 0 Å². The van der Waals surface area contributed by atoms with Gasteiger partial charge in [0.25, 0.3) is 0 Å². The van der Waals surface area contributed by atoms with Crippen LogP contribution in [-0.4, -0.2) is 55.0 Å². The molecule has 1 aromatic rings. The minimum atomic E-state index is 0.0920. The Morgan fingerprint density at radius 3 is 2.68 bits per heavy atom. The number of carbonyl (C=O) groups is 1. The lowest BCUT2D eigenvalue weighted by Crippen LogP contribution is -2.46. The Hall–Kier alpha value is -1.33. The lowest BCUT2D eigenvalue weighted by atomic mass is 10.3. The van der Waals surface area contributed by atoms with Gasteiger partial charge >= 0.3 is 0 Å². The molecule has 5 heteroatoms. The van der Waals surface area contributed by atoms with Crippen LogP contribution in [0.1, 0.15) is 19.1 Å². The molecule has 0 spiro atoms. The summed E-state index contributed by atoms with van der Waals surface area (Å²) in [6.07, 6.45) is 2.18. The summed E-state index contributed by atoms with van der Waals surface area (Å²) in [5.74, 6) is 0.888. The SMILES string of the molecule is CCN1CCN(CCC(=O)NCc2ccco2)CC1. The molecule has 0 bridgehead atoms. The van der Waals surface area contributed by atoms with Crippen LogP contribution in [0.3, 0.4) is 0 Å². The van der Waals surface area contributed by atoms with Crippen LogP contribution in [0.15, 0.2) is 22.8 Å². The zero-order valence-corrected chi connectivity index (χ0v) is 11.6. The maximum absolute atomic E-state index is 11.7. The lowest BCUT2D eigenvalue weighted by Gasteiger charge is -2.33. The fourth-order valence-corrected chi connectivity index (χ4v) is 2.28. The van der Waals surface area contributed by atoms with Crippen molar-refractivity contribution in [3.63, 3.8) is 0 Å². The minimum absolute atomic E-state index is 0.0920. The van der Waals surface area contributed by atoms with Gasteiger partial charge in [0.05, 0.1) is 12.8 Å². The molecular weight excluding hydrogens is 242 g/mol. The third kappa shape index (κ3) is 4.69. The Kier molecular flexibility index (Phi) is 5.42. The summed E-state index contributed by atoms with van der Waals surface area (Å²) < 4.78 is 5.17. The topological polar surface area (TPSA) is 48.7 Å². The van der Waals surface area contributed by atoms with E-state index in [-0.39, 0.29) is 5.91 Å². The number of hydrogen-bond acceptors (Lipinski definition) is 4. The highest BCUT2D eigenvalue weighted by molar-refractivity contribution is 5.75. The van der Waals surface area contributed by atoms with Crippen LogP contribution >= 0.6 is 0 Å². The van der Waals surface area contributed by atoms with Crippen molar-refractivity contribution in [3.8, 4) is 0 Å². The molecule has 0 aliphatic carbocycles. The number of nitrogens with one attached hydrogen (secondary N) is 1. The van der Waals surface area contributed by atoms with Gasteiger partial charge in [-0.2, -0.15) is 0 Å². The van der Waals surface area contributed by atoms with Crippen LogP contribution in [0.5, 0.6) is 0 Å². The number of furan rings is 1. The first-order valence-electron chi connectivity index (χ1n) is 7.01. The van der Waals surface area contributed by atoms with Gasteiger partial charge in [-0.3, -0.25) is 4.79 Å². The van der Waals surface area contributed by atoms with E-state index in [0.717, 1.165) is 45.0 Å². The molecule has 19 heavy (non-hydrogen) atoms. The van der Waals surface area contributed by atoms with Crippen molar-refractivity contribution in [1.29, 1.82) is 0 Å². The molecule has 1 N–H and O–H groups in total. The third-order valence-corrected chi connectivity index (χ3v) is 3.61. The molecule has 0 saturated carbocycles. The van der Waals surface area contributed by atoms with Crippen molar-refractivity contribution >= 4 is 5.91 Å². The van der Waals surface area contributed by atoms with Crippen molar-refractivity contribution in [3.05, 3.63) is 24.2 Å². The molecule has 0 radical (unpaired) electrons. The van der Waals surface area contributed by atoms with Gasteiger partial charge in [-0.05, 0) is 18.7 Å². The number of piperazine rings is 1. The number of carbonyl (C=O) groups excluding carboxylic acids is 1. The average Bonchev–Trinajstić information content (AvgIpc) is 2.96. The lowest BCUT2D eigenvalue weighted by molar-refractivity contribution is -0.121. The van der Waals surface area contributed by atoms with Crippen LogP contribution in [-0.2, 0) is 11.3 Å². The van der Waals surface area contributed by atoms with Crippen molar-refractivity contribution in [2.24, 2.45) is 0 Å². The number of amides is 1. The summed E-state index contributed by atoms with van der Waals surface area (Å²) in [5, 5.41) is 2.87. The largest absolute Gasteiger partial charge is 0.467 e. The quantitative estimate of drug-likeness (QED) is 0.831. The van der Waals surface area contributed by atoms with Crippen LogP contribution < -0.4 is 5.32 Å². The second kappa shape index (κ2) is 7.31. The van der Waals surface area contributed by atoms with Crippen molar-refractivity contribution in [1.82, 2.24) is 15.1 Å². The average molecular weight is 265 g/mol. The number of hydrogen-bond donors (Lipinski definition) is 1. The van der Waals surface area contributed by atoms with Gasteiger partial charge in [-0.15, -0.1) is 0 Å². The zero-order chi connectivity index (χ0) is 13.5. The van der Waals surface area contributed by atoms with E-state index in [9.17, 15) is 4.79 Å². The Labute approximate surface area is 114 Å². The number of likely N-dealkylation sites (N-methyl/N-ethyl adjacent to an activating group) is 1. The molecule has 0 aromatic carbocycles. The smallest absolute Gasteiger partial charge is 0.221 e. The summed E-state index contributed by atoms with van der Waals surface area (Å²) in [5.41, 5.74) is 0. The molecule has 2 rings (SSSR count). The summed E-state index contributed by atoms with van der Waals surface area (Å²) in [6.45, 7) is 9.01. The molecular formula is C14H23N3O2. The molecule has 106 valence electrons. The summed E-state index contributed by atoms with van der Waals surface area (Å²) in [4.78, 5) is 16.5. The third-order valence-electron chi connectivity index (χ3n) is 3.61. The zero-order valence-electron chi connectivity index (χ0n) is 11.6. The fraction of sp³-hybridized carbons (Fsp3) is 0.643. The highest BCUT2D eigenvalue weighted by atomic mass is 16.3. The second-order valence-electron chi connectivity index (χ2n) is 4.88. The van der Waals surface area contributed by atoms with Gasteiger partial charge in [0.2, 0.25) is 5.91 Å². The molecule has 1 amide bonds.